The molecule has 0 N–H and O–H groups in total. The molecule has 0 aromatic carbocycles. The van der Waals surface area contributed by atoms with Crippen LogP contribution in [0.2, 0.25) is 0 Å². The van der Waals surface area contributed by atoms with Gasteiger partial charge in [-0.3, -0.25) is 4.84 Å². The Morgan fingerprint density at radius 3 is 2.20 bits per heavy atom. The van der Waals surface area contributed by atoms with Crippen LogP contribution < -0.4 is 5.06 Å². The fourth-order valence-electron chi connectivity index (χ4n) is 2.06. The minimum atomic E-state index is -0.0637. The van der Waals surface area contributed by atoms with Crippen molar-refractivity contribution < 1.29 is 4.84 Å². The molecule has 4 nitrogen and oxygen atoms in total. The van der Waals surface area contributed by atoms with Crippen LogP contribution in [0, 0.1) is 0 Å². The summed E-state index contributed by atoms with van der Waals surface area (Å²) >= 11 is 0. The van der Waals surface area contributed by atoms with Gasteiger partial charge in [-0.05, 0) is 12.8 Å². The first-order chi connectivity index (χ1) is 9.18. The number of hydroxylamine groups is 1. The van der Waals surface area contributed by atoms with Gasteiger partial charge in [0.1, 0.15) is 5.82 Å². The number of aromatic nitrogens is 2. The Bertz CT molecular complexity index is 433. The summed E-state index contributed by atoms with van der Waals surface area (Å²) in [6.07, 6.45) is 2.28. The van der Waals surface area contributed by atoms with Crippen LogP contribution in [-0.2, 0) is 15.7 Å². The zero-order valence-corrected chi connectivity index (χ0v) is 13.7. The van der Waals surface area contributed by atoms with Gasteiger partial charge < -0.3 is 0 Å². The Morgan fingerprint density at radius 2 is 1.70 bits per heavy atom. The second-order valence-electron chi connectivity index (χ2n) is 7.58. The first kappa shape index (κ1) is 15.2. The molecular weight excluding hydrogens is 250 g/mol. The highest BCUT2D eigenvalue weighted by atomic mass is 16.7. The van der Waals surface area contributed by atoms with Gasteiger partial charge in [0.15, 0.2) is 5.82 Å². The molecule has 1 aromatic heterocycles. The van der Waals surface area contributed by atoms with Gasteiger partial charge in [-0.2, -0.15) is 0 Å². The molecule has 0 bridgehead atoms. The smallest absolute Gasteiger partial charge is 0.156 e. The van der Waals surface area contributed by atoms with Crippen molar-refractivity contribution in [2.75, 3.05) is 18.2 Å². The van der Waals surface area contributed by atoms with Gasteiger partial charge >= 0.3 is 0 Å². The highest BCUT2D eigenvalue weighted by Gasteiger charge is 2.25. The third-order valence-electron chi connectivity index (χ3n) is 3.41. The first-order valence-electron chi connectivity index (χ1n) is 7.48. The zero-order chi connectivity index (χ0) is 15.0. The summed E-state index contributed by atoms with van der Waals surface area (Å²) in [6.45, 7) is 14.7. The van der Waals surface area contributed by atoms with Crippen molar-refractivity contribution >= 4 is 5.82 Å². The molecular formula is C16H27N3O. The van der Waals surface area contributed by atoms with Gasteiger partial charge in [0.25, 0.3) is 0 Å². The predicted octanol–water partition coefficient (Wildman–Crippen LogP) is 3.60. The molecule has 2 rings (SSSR count). The molecule has 0 aliphatic carbocycles. The van der Waals surface area contributed by atoms with Crippen LogP contribution in [0.25, 0.3) is 0 Å². The number of anilines is 1. The van der Waals surface area contributed by atoms with Crippen molar-refractivity contribution in [1.29, 1.82) is 0 Å². The molecule has 0 saturated carbocycles. The van der Waals surface area contributed by atoms with Crippen molar-refractivity contribution in [2.24, 2.45) is 0 Å². The molecule has 112 valence electrons. The monoisotopic (exact) mass is 277 g/mol. The van der Waals surface area contributed by atoms with E-state index in [2.05, 4.69) is 47.6 Å². The van der Waals surface area contributed by atoms with Gasteiger partial charge in [-0.25, -0.2) is 15.0 Å². The molecule has 0 radical (unpaired) electrons. The van der Waals surface area contributed by atoms with Crippen LogP contribution in [0.3, 0.4) is 0 Å². The van der Waals surface area contributed by atoms with E-state index in [0.29, 0.717) is 0 Å². The summed E-state index contributed by atoms with van der Waals surface area (Å²) in [5.41, 5.74) is 1.01. The lowest BCUT2D eigenvalue weighted by atomic mass is 9.90. The highest BCUT2D eigenvalue weighted by molar-refractivity contribution is 5.40. The van der Waals surface area contributed by atoms with E-state index >= 15 is 0 Å². The van der Waals surface area contributed by atoms with Crippen LogP contribution in [0.5, 0.6) is 0 Å². The molecule has 0 spiro atoms. The average Bonchev–Trinajstić information content (AvgIpc) is 2.37. The summed E-state index contributed by atoms with van der Waals surface area (Å²) in [4.78, 5) is 15.3. The van der Waals surface area contributed by atoms with E-state index in [1.165, 1.54) is 0 Å². The number of hydrogen-bond donors (Lipinski definition) is 0. The maximum atomic E-state index is 5.74. The quantitative estimate of drug-likeness (QED) is 0.786. The van der Waals surface area contributed by atoms with E-state index < -0.39 is 0 Å². The van der Waals surface area contributed by atoms with Crippen LogP contribution in [0.1, 0.15) is 65.9 Å². The molecule has 1 aliphatic heterocycles. The molecule has 1 aromatic rings. The molecule has 1 saturated heterocycles. The zero-order valence-electron chi connectivity index (χ0n) is 13.7. The minimum absolute atomic E-state index is 0.00742. The molecule has 4 heteroatoms. The number of hydrogen-bond acceptors (Lipinski definition) is 4. The number of rotatable bonds is 1. The highest BCUT2D eigenvalue weighted by Crippen LogP contribution is 2.28. The van der Waals surface area contributed by atoms with Gasteiger partial charge in [-0.15, -0.1) is 0 Å². The Hall–Kier alpha value is -1.16. The Morgan fingerprint density at radius 1 is 1.00 bits per heavy atom. The molecule has 1 fully saturated rings. The molecule has 0 unspecified atom stereocenters. The summed E-state index contributed by atoms with van der Waals surface area (Å²) in [5, 5.41) is 1.93. The van der Waals surface area contributed by atoms with E-state index in [1.54, 1.807) is 0 Å². The van der Waals surface area contributed by atoms with Gasteiger partial charge in [0.05, 0.1) is 12.3 Å². The Balaban J connectivity index is 2.45. The SMILES string of the molecule is CC(C)(C)c1cc(N2CCCCO2)nc(C(C)(C)C)n1. The first-order valence-corrected chi connectivity index (χ1v) is 7.48. The van der Waals surface area contributed by atoms with Crippen LogP contribution in [-0.4, -0.2) is 23.1 Å². The summed E-state index contributed by atoms with van der Waals surface area (Å²) in [6, 6.07) is 2.07. The second kappa shape index (κ2) is 5.32. The minimum Gasteiger partial charge on any atom is -0.272 e. The molecule has 20 heavy (non-hydrogen) atoms. The normalized spacial score (nSPS) is 17.4. The molecule has 0 amide bonds. The van der Waals surface area contributed by atoms with E-state index in [9.17, 15) is 0 Å². The summed E-state index contributed by atoms with van der Waals surface area (Å²) in [7, 11) is 0. The van der Waals surface area contributed by atoms with Crippen molar-refractivity contribution in [3.05, 3.63) is 17.6 Å². The summed E-state index contributed by atoms with van der Waals surface area (Å²) in [5.74, 6) is 1.78. The van der Waals surface area contributed by atoms with Gasteiger partial charge in [0, 0.05) is 23.4 Å². The van der Waals surface area contributed by atoms with E-state index in [1.807, 2.05) is 5.06 Å². The molecule has 1 aliphatic rings. The Kier molecular flexibility index (Phi) is 4.05. The second-order valence-corrected chi connectivity index (χ2v) is 7.58. The lowest BCUT2D eigenvalue weighted by Crippen LogP contribution is -2.32. The summed E-state index contributed by atoms with van der Waals surface area (Å²) < 4.78 is 0. The third-order valence-corrected chi connectivity index (χ3v) is 3.41. The van der Waals surface area contributed by atoms with Crippen molar-refractivity contribution in [2.45, 2.75) is 65.2 Å². The average molecular weight is 277 g/mol. The van der Waals surface area contributed by atoms with Crippen LogP contribution >= 0.6 is 0 Å². The van der Waals surface area contributed by atoms with Crippen molar-refractivity contribution in [3.63, 3.8) is 0 Å². The van der Waals surface area contributed by atoms with E-state index in [0.717, 1.165) is 43.3 Å². The third kappa shape index (κ3) is 3.48. The van der Waals surface area contributed by atoms with Crippen molar-refractivity contribution in [3.8, 4) is 0 Å². The lowest BCUT2D eigenvalue weighted by Gasteiger charge is -2.30. The predicted molar refractivity (Wildman–Crippen MR) is 82.0 cm³/mol. The van der Waals surface area contributed by atoms with E-state index in [-0.39, 0.29) is 10.8 Å². The standard InChI is InChI=1S/C16H27N3O/c1-15(2,3)12-11-13(19-9-7-8-10-20-19)18-14(17-12)16(4,5)6/h11H,7-10H2,1-6H3. The van der Waals surface area contributed by atoms with Crippen molar-refractivity contribution in [1.82, 2.24) is 9.97 Å². The van der Waals surface area contributed by atoms with Crippen LogP contribution in [0.15, 0.2) is 6.07 Å². The van der Waals surface area contributed by atoms with E-state index in [4.69, 9.17) is 14.8 Å². The lowest BCUT2D eigenvalue weighted by molar-refractivity contribution is 0.0758. The fourth-order valence-corrected chi connectivity index (χ4v) is 2.06. The Labute approximate surface area is 122 Å². The molecule has 2 heterocycles. The van der Waals surface area contributed by atoms with Gasteiger partial charge in [-0.1, -0.05) is 41.5 Å². The van der Waals surface area contributed by atoms with Gasteiger partial charge in [0.2, 0.25) is 0 Å². The molecule has 0 atom stereocenters. The van der Waals surface area contributed by atoms with Crippen LogP contribution in [0.4, 0.5) is 5.82 Å². The number of nitrogens with zero attached hydrogens (tertiary/aromatic N) is 3. The fraction of sp³-hybridized carbons (Fsp3) is 0.750. The topological polar surface area (TPSA) is 38.2 Å². The largest absolute Gasteiger partial charge is 0.272 e. The maximum Gasteiger partial charge on any atom is 0.156 e. The maximum absolute atomic E-state index is 5.74.